The molecule has 13 heavy (non-hydrogen) atoms. The summed E-state index contributed by atoms with van der Waals surface area (Å²) in [5, 5.41) is 19.3. The van der Waals surface area contributed by atoms with Crippen LogP contribution in [0, 0.1) is 17.3 Å². The van der Waals surface area contributed by atoms with Crippen LogP contribution in [0.1, 0.15) is 6.42 Å². The van der Waals surface area contributed by atoms with Gasteiger partial charge in [0.2, 0.25) is 0 Å². The van der Waals surface area contributed by atoms with Crippen molar-refractivity contribution >= 4 is 0 Å². The molecule has 4 unspecified atom stereocenters. The number of hydrogen-bond acceptors (Lipinski definition) is 2. The van der Waals surface area contributed by atoms with Crippen LogP contribution < -0.4 is 0 Å². The second-order valence-electron chi connectivity index (χ2n) is 4.28. The van der Waals surface area contributed by atoms with Crippen LogP contribution in [-0.4, -0.2) is 16.3 Å². The highest BCUT2D eigenvalue weighted by molar-refractivity contribution is 5.37. The third-order valence-corrected chi connectivity index (χ3v) is 3.56. The van der Waals surface area contributed by atoms with E-state index in [-0.39, 0.29) is 23.4 Å². The van der Waals surface area contributed by atoms with E-state index in [0.29, 0.717) is 5.76 Å². The van der Waals surface area contributed by atoms with E-state index in [1.165, 1.54) is 0 Å². The van der Waals surface area contributed by atoms with Gasteiger partial charge in [0.05, 0.1) is 6.10 Å². The fourth-order valence-electron chi connectivity index (χ4n) is 2.94. The van der Waals surface area contributed by atoms with E-state index in [2.05, 4.69) is 12.2 Å². The summed E-state index contributed by atoms with van der Waals surface area (Å²) in [5.74, 6) is 0.797. The maximum absolute atomic E-state index is 9.88. The van der Waals surface area contributed by atoms with E-state index in [4.69, 9.17) is 0 Å². The summed E-state index contributed by atoms with van der Waals surface area (Å²) in [6, 6.07) is 0. The van der Waals surface area contributed by atoms with E-state index in [1.807, 2.05) is 12.2 Å². The van der Waals surface area contributed by atoms with Gasteiger partial charge in [-0.05, 0) is 18.6 Å². The molecule has 4 atom stereocenters. The molecule has 2 N–H and O–H groups in total. The lowest BCUT2D eigenvalue weighted by molar-refractivity contribution is 0.107. The molecule has 2 nitrogen and oxygen atoms in total. The van der Waals surface area contributed by atoms with Gasteiger partial charge in [0.15, 0.2) is 0 Å². The Morgan fingerprint density at radius 3 is 3.08 bits per heavy atom. The molecule has 0 heterocycles. The molecule has 0 aromatic heterocycles. The van der Waals surface area contributed by atoms with Crippen LogP contribution in [0.5, 0.6) is 0 Å². The molecule has 0 aliphatic heterocycles. The molecule has 0 saturated heterocycles. The Morgan fingerprint density at radius 1 is 1.38 bits per heavy atom. The number of rotatable bonds is 0. The first kappa shape index (κ1) is 7.39. The fraction of sp³-hybridized carbons (Fsp3) is 0.455. The lowest BCUT2D eigenvalue weighted by Gasteiger charge is -2.31. The molecule has 2 bridgehead atoms. The van der Waals surface area contributed by atoms with Crippen LogP contribution in [0.25, 0.3) is 0 Å². The molecular formula is C11H12O2. The SMILES string of the molecule is OC1=CC23C=CC(C2)C(O)C3C=C1. The van der Waals surface area contributed by atoms with Crippen molar-refractivity contribution in [2.75, 3.05) is 0 Å². The topological polar surface area (TPSA) is 40.5 Å². The Labute approximate surface area is 76.9 Å². The quantitative estimate of drug-likeness (QED) is 0.550. The molecule has 3 rings (SSSR count). The Hall–Kier alpha value is -1.02. The van der Waals surface area contributed by atoms with Gasteiger partial charge in [-0.25, -0.2) is 0 Å². The second kappa shape index (κ2) is 2.07. The maximum Gasteiger partial charge on any atom is 0.112 e. The first-order chi connectivity index (χ1) is 6.21. The zero-order valence-corrected chi connectivity index (χ0v) is 7.22. The molecule has 0 radical (unpaired) electrons. The minimum atomic E-state index is -0.259. The lowest BCUT2D eigenvalue weighted by Crippen LogP contribution is -2.30. The number of allylic oxidation sites excluding steroid dienone is 3. The molecule has 2 heteroatoms. The van der Waals surface area contributed by atoms with Gasteiger partial charge in [-0.15, -0.1) is 0 Å². The summed E-state index contributed by atoms with van der Waals surface area (Å²) >= 11 is 0. The third-order valence-electron chi connectivity index (χ3n) is 3.56. The van der Waals surface area contributed by atoms with Crippen LogP contribution in [0.4, 0.5) is 0 Å². The highest BCUT2D eigenvalue weighted by Gasteiger charge is 2.53. The fourth-order valence-corrected chi connectivity index (χ4v) is 2.94. The summed E-state index contributed by atoms with van der Waals surface area (Å²) in [6.07, 6.45) is 10.4. The molecule has 1 saturated carbocycles. The molecule has 0 aromatic rings. The standard InChI is InChI=1S/C11H12O2/c12-8-1-2-9-10(13)7-3-4-11(9,5-7)6-8/h1-4,6-7,9-10,12-13H,5H2. The molecule has 0 aromatic carbocycles. The Morgan fingerprint density at radius 2 is 2.23 bits per heavy atom. The normalized spacial score (nSPS) is 50.8. The summed E-state index contributed by atoms with van der Waals surface area (Å²) in [5.41, 5.74) is -0.0804. The van der Waals surface area contributed by atoms with Gasteiger partial charge in [-0.2, -0.15) is 0 Å². The van der Waals surface area contributed by atoms with Crippen molar-refractivity contribution in [3.8, 4) is 0 Å². The van der Waals surface area contributed by atoms with E-state index in [1.54, 1.807) is 6.08 Å². The predicted molar refractivity (Wildman–Crippen MR) is 49.0 cm³/mol. The average molecular weight is 176 g/mol. The number of hydrogen-bond donors (Lipinski definition) is 2. The zero-order chi connectivity index (χ0) is 9.05. The largest absolute Gasteiger partial charge is 0.508 e. The second-order valence-corrected chi connectivity index (χ2v) is 4.28. The van der Waals surface area contributed by atoms with E-state index >= 15 is 0 Å². The van der Waals surface area contributed by atoms with Gasteiger partial charge in [0.1, 0.15) is 5.76 Å². The van der Waals surface area contributed by atoms with Gasteiger partial charge in [0.25, 0.3) is 0 Å². The minimum absolute atomic E-state index is 0.0804. The van der Waals surface area contributed by atoms with E-state index < -0.39 is 0 Å². The highest BCUT2D eigenvalue weighted by Crippen LogP contribution is 2.56. The maximum atomic E-state index is 9.88. The van der Waals surface area contributed by atoms with Crippen LogP contribution >= 0.6 is 0 Å². The van der Waals surface area contributed by atoms with Crippen molar-refractivity contribution in [1.82, 2.24) is 0 Å². The van der Waals surface area contributed by atoms with Gasteiger partial charge >= 0.3 is 0 Å². The van der Waals surface area contributed by atoms with Crippen molar-refractivity contribution in [1.29, 1.82) is 0 Å². The van der Waals surface area contributed by atoms with Crippen LogP contribution in [0.3, 0.4) is 0 Å². The third kappa shape index (κ3) is 0.767. The Kier molecular flexibility index (Phi) is 1.18. The molecule has 0 amide bonds. The Balaban J connectivity index is 2.12. The predicted octanol–water partition coefficient (Wildman–Crippen LogP) is 1.55. The zero-order valence-electron chi connectivity index (χ0n) is 7.22. The molecule has 1 spiro atoms. The molecule has 68 valence electrons. The van der Waals surface area contributed by atoms with Crippen molar-refractivity contribution < 1.29 is 10.2 Å². The van der Waals surface area contributed by atoms with Gasteiger partial charge < -0.3 is 10.2 Å². The van der Waals surface area contributed by atoms with Crippen LogP contribution in [0.15, 0.2) is 36.1 Å². The molecule has 3 aliphatic carbocycles. The van der Waals surface area contributed by atoms with Gasteiger partial charge in [0, 0.05) is 17.3 Å². The van der Waals surface area contributed by atoms with Crippen LogP contribution in [-0.2, 0) is 0 Å². The summed E-state index contributed by atoms with van der Waals surface area (Å²) in [7, 11) is 0. The van der Waals surface area contributed by atoms with Gasteiger partial charge in [-0.1, -0.05) is 18.2 Å². The smallest absolute Gasteiger partial charge is 0.112 e. The monoisotopic (exact) mass is 176 g/mol. The summed E-state index contributed by atoms with van der Waals surface area (Å²) in [6.45, 7) is 0. The average Bonchev–Trinajstić information content (AvgIpc) is 2.58. The summed E-state index contributed by atoms with van der Waals surface area (Å²) in [4.78, 5) is 0. The number of aliphatic hydroxyl groups excluding tert-OH is 2. The molecule has 1 fully saturated rings. The Bertz CT molecular complexity index is 340. The minimum Gasteiger partial charge on any atom is -0.508 e. The van der Waals surface area contributed by atoms with E-state index in [9.17, 15) is 10.2 Å². The van der Waals surface area contributed by atoms with Crippen molar-refractivity contribution in [2.45, 2.75) is 12.5 Å². The van der Waals surface area contributed by atoms with E-state index in [0.717, 1.165) is 6.42 Å². The lowest BCUT2D eigenvalue weighted by atomic mass is 9.74. The van der Waals surface area contributed by atoms with Crippen molar-refractivity contribution in [3.63, 3.8) is 0 Å². The highest BCUT2D eigenvalue weighted by atomic mass is 16.3. The van der Waals surface area contributed by atoms with Crippen molar-refractivity contribution in [3.05, 3.63) is 36.1 Å². The first-order valence-corrected chi connectivity index (χ1v) is 4.69. The van der Waals surface area contributed by atoms with Crippen molar-refractivity contribution in [2.24, 2.45) is 17.3 Å². The van der Waals surface area contributed by atoms with Gasteiger partial charge in [-0.3, -0.25) is 0 Å². The molecule has 3 aliphatic rings. The summed E-state index contributed by atoms with van der Waals surface area (Å²) < 4.78 is 0. The number of fused-ring (bicyclic) bond motifs is 1. The van der Waals surface area contributed by atoms with Crippen LogP contribution in [0.2, 0.25) is 0 Å². The first-order valence-electron chi connectivity index (χ1n) is 4.69. The molecular weight excluding hydrogens is 164 g/mol. The number of aliphatic hydroxyl groups is 2.